The van der Waals surface area contributed by atoms with Crippen LogP contribution in [0, 0.1) is 0 Å². The average molecular weight is 283 g/mol. The number of nitrogens with zero attached hydrogens (tertiary/aromatic N) is 1. The smallest absolute Gasteiger partial charge is 0.267 e. The average Bonchev–Trinajstić information content (AvgIpc) is 2.32. The lowest BCUT2D eigenvalue weighted by molar-refractivity contribution is -0.111. The van der Waals surface area contributed by atoms with Crippen molar-refractivity contribution in [3.05, 3.63) is 51.3 Å². The van der Waals surface area contributed by atoms with E-state index in [0.29, 0.717) is 10.7 Å². The second kappa shape index (κ2) is 5.33. The van der Waals surface area contributed by atoms with Gasteiger partial charge in [0.25, 0.3) is 5.56 Å². The Morgan fingerprint density at radius 1 is 1.28 bits per heavy atom. The van der Waals surface area contributed by atoms with Gasteiger partial charge in [0.1, 0.15) is 0 Å². The molecule has 0 saturated carbocycles. The first-order chi connectivity index (χ1) is 8.56. The van der Waals surface area contributed by atoms with Crippen LogP contribution < -0.4 is 5.56 Å². The Morgan fingerprint density at radius 2 is 1.94 bits per heavy atom. The van der Waals surface area contributed by atoms with E-state index in [9.17, 15) is 9.59 Å². The number of hydrogen-bond acceptors (Lipinski definition) is 3. The number of benzene rings is 1. The standard InChI is InChI=1S/C12H8Cl2N2O2/c13-9-3-1-7(2-4-9)10-5-8(6-11(14)17)12(18)16-15-10/h1-5H,6H2,(H,16,18). The molecule has 0 radical (unpaired) electrons. The van der Waals surface area contributed by atoms with Gasteiger partial charge in [0.2, 0.25) is 5.24 Å². The highest BCUT2D eigenvalue weighted by Gasteiger charge is 2.08. The summed E-state index contributed by atoms with van der Waals surface area (Å²) in [6, 6.07) is 8.53. The van der Waals surface area contributed by atoms with Gasteiger partial charge in [0.15, 0.2) is 0 Å². The Hall–Kier alpha value is -1.65. The molecule has 4 nitrogen and oxygen atoms in total. The highest BCUT2D eigenvalue weighted by atomic mass is 35.5. The molecule has 6 heteroatoms. The van der Waals surface area contributed by atoms with E-state index in [1.54, 1.807) is 30.3 Å². The van der Waals surface area contributed by atoms with Gasteiger partial charge in [-0.05, 0) is 29.8 Å². The summed E-state index contributed by atoms with van der Waals surface area (Å²) >= 11 is 11.1. The third-order valence-electron chi connectivity index (χ3n) is 2.35. The van der Waals surface area contributed by atoms with Crippen LogP contribution in [0.3, 0.4) is 0 Å². The van der Waals surface area contributed by atoms with Crippen LogP contribution >= 0.6 is 23.2 Å². The molecule has 0 saturated heterocycles. The number of aromatic amines is 1. The normalized spacial score (nSPS) is 10.3. The topological polar surface area (TPSA) is 62.8 Å². The fourth-order valence-electron chi connectivity index (χ4n) is 1.50. The lowest BCUT2D eigenvalue weighted by atomic mass is 10.1. The van der Waals surface area contributed by atoms with E-state index in [4.69, 9.17) is 23.2 Å². The summed E-state index contributed by atoms with van der Waals surface area (Å²) in [6.45, 7) is 0. The minimum atomic E-state index is -0.589. The van der Waals surface area contributed by atoms with Gasteiger partial charge in [-0.15, -0.1) is 0 Å². The molecule has 0 atom stereocenters. The Bertz CT molecular complexity index is 635. The maximum absolute atomic E-state index is 11.4. The predicted molar refractivity (Wildman–Crippen MR) is 69.9 cm³/mol. The van der Waals surface area contributed by atoms with Gasteiger partial charge in [-0.3, -0.25) is 9.59 Å². The Morgan fingerprint density at radius 3 is 2.56 bits per heavy atom. The fourth-order valence-corrected chi connectivity index (χ4v) is 1.77. The van der Waals surface area contributed by atoms with Gasteiger partial charge in [-0.1, -0.05) is 23.7 Å². The van der Waals surface area contributed by atoms with Crippen molar-refractivity contribution in [3.63, 3.8) is 0 Å². The van der Waals surface area contributed by atoms with Crippen LogP contribution in [-0.2, 0) is 11.2 Å². The van der Waals surface area contributed by atoms with Crippen molar-refractivity contribution in [1.29, 1.82) is 0 Å². The molecule has 2 aromatic rings. The number of aromatic nitrogens is 2. The van der Waals surface area contributed by atoms with Crippen LogP contribution in [0.5, 0.6) is 0 Å². The Balaban J connectivity index is 2.43. The van der Waals surface area contributed by atoms with E-state index in [-0.39, 0.29) is 12.0 Å². The molecular formula is C12H8Cl2N2O2. The van der Waals surface area contributed by atoms with E-state index in [1.807, 2.05) is 0 Å². The van der Waals surface area contributed by atoms with E-state index in [2.05, 4.69) is 10.2 Å². The number of carbonyl (C=O) groups excluding carboxylic acids is 1. The number of rotatable bonds is 3. The van der Waals surface area contributed by atoms with Gasteiger partial charge >= 0.3 is 0 Å². The third-order valence-corrected chi connectivity index (χ3v) is 2.74. The minimum Gasteiger partial charge on any atom is -0.281 e. The first-order valence-electron chi connectivity index (χ1n) is 5.09. The summed E-state index contributed by atoms with van der Waals surface area (Å²) in [5, 5.41) is 6.27. The van der Waals surface area contributed by atoms with E-state index in [0.717, 1.165) is 5.56 Å². The van der Waals surface area contributed by atoms with E-state index < -0.39 is 10.8 Å². The fraction of sp³-hybridized carbons (Fsp3) is 0.0833. The maximum Gasteiger partial charge on any atom is 0.267 e. The van der Waals surface area contributed by atoms with Crippen molar-refractivity contribution in [2.45, 2.75) is 6.42 Å². The van der Waals surface area contributed by atoms with E-state index >= 15 is 0 Å². The van der Waals surface area contributed by atoms with Gasteiger partial charge in [-0.25, -0.2) is 5.10 Å². The van der Waals surface area contributed by atoms with Crippen molar-refractivity contribution in [1.82, 2.24) is 10.2 Å². The van der Waals surface area contributed by atoms with Gasteiger partial charge in [-0.2, -0.15) is 5.10 Å². The zero-order valence-electron chi connectivity index (χ0n) is 9.11. The second-order valence-corrected chi connectivity index (χ2v) is 4.50. The zero-order valence-corrected chi connectivity index (χ0v) is 10.6. The van der Waals surface area contributed by atoms with Gasteiger partial charge in [0, 0.05) is 16.1 Å². The number of hydrogen-bond donors (Lipinski definition) is 1. The lowest BCUT2D eigenvalue weighted by Gasteiger charge is -2.02. The molecular weight excluding hydrogens is 275 g/mol. The summed E-state index contributed by atoms with van der Waals surface area (Å²) in [5.41, 5.74) is 1.22. The number of halogens is 2. The SMILES string of the molecule is O=C(Cl)Cc1cc(-c2ccc(Cl)cc2)n[nH]c1=O. The quantitative estimate of drug-likeness (QED) is 0.880. The molecule has 0 aliphatic heterocycles. The van der Waals surface area contributed by atoms with Gasteiger partial charge in [0.05, 0.1) is 12.1 Å². The first-order valence-corrected chi connectivity index (χ1v) is 5.85. The molecule has 0 unspecified atom stereocenters. The predicted octanol–water partition coefficient (Wildman–Crippen LogP) is 2.40. The van der Waals surface area contributed by atoms with Gasteiger partial charge < -0.3 is 0 Å². The molecule has 0 aliphatic carbocycles. The van der Waals surface area contributed by atoms with E-state index in [1.165, 1.54) is 0 Å². The highest BCUT2D eigenvalue weighted by molar-refractivity contribution is 6.63. The summed E-state index contributed by atoms with van der Waals surface area (Å²) in [7, 11) is 0. The number of H-pyrrole nitrogens is 1. The molecule has 0 fully saturated rings. The lowest BCUT2D eigenvalue weighted by Crippen LogP contribution is -2.16. The molecule has 0 bridgehead atoms. The maximum atomic E-state index is 11.4. The Labute approximate surface area is 113 Å². The van der Waals surface area contributed by atoms with Crippen molar-refractivity contribution >= 4 is 28.4 Å². The van der Waals surface area contributed by atoms with Crippen LogP contribution in [-0.4, -0.2) is 15.4 Å². The molecule has 2 rings (SSSR count). The molecule has 1 aromatic heterocycles. The highest BCUT2D eigenvalue weighted by Crippen LogP contribution is 2.19. The summed E-state index contributed by atoms with van der Waals surface area (Å²) in [5.74, 6) is 0. The zero-order chi connectivity index (χ0) is 13.1. The first kappa shape index (κ1) is 12.8. The largest absolute Gasteiger partial charge is 0.281 e. The van der Waals surface area contributed by atoms with Crippen molar-refractivity contribution in [3.8, 4) is 11.3 Å². The summed E-state index contributed by atoms with van der Waals surface area (Å²) in [4.78, 5) is 22.3. The molecule has 18 heavy (non-hydrogen) atoms. The second-order valence-electron chi connectivity index (χ2n) is 3.65. The van der Waals surface area contributed by atoms with Crippen LogP contribution in [0.4, 0.5) is 0 Å². The Kier molecular flexibility index (Phi) is 3.79. The molecule has 1 N–H and O–H groups in total. The van der Waals surface area contributed by atoms with Crippen LogP contribution in [0.1, 0.15) is 5.56 Å². The van der Waals surface area contributed by atoms with Crippen LogP contribution in [0.25, 0.3) is 11.3 Å². The van der Waals surface area contributed by atoms with Crippen molar-refractivity contribution < 1.29 is 4.79 Å². The molecule has 0 aliphatic rings. The summed E-state index contributed by atoms with van der Waals surface area (Å²) < 4.78 is 0. The van der Waals surface area contributed by atoms with Crippen molar-refractivity contribution in [2.75, 3.05) is 0 Å². The number of nitrogens with one attached hydrogen (secondary N) is 1. The van der Waals surface area contributed by atoms with Crippen molar-refractivity contribution in [2.24, 2.45) is 0 Å². The monoisotopic (exact) mass is 282 g/mol. The molecule has 1 heterocycles. The molecule has 0 amide bonds. The number of carbonyl (C=O) groups is 1. The van der Waals surface area contributed by atoms with Crippen LogP contribution in [0.2, 0.25) is 5.02 Å². The minimum absolute atomic E-state index is 0.125. The molecule has 1 aromatic carbocycles. The molecule has 92 valence electrons. The third kappa shape index (κ3) is 2.97. The van der Waals surface area contributed by atoms with Crippen LogP contribution in [0.15, 0.2) is 35.1 Å². The summed E-state index contributed by atoms with van der Waals surface area (Å²) in [6.07, 6.45) is -0.125. The molecule has 0 spiro atoms.